The molecule has 1 aliphatic carbocycles. The van der Waals surface area contributed by atoms with Gasteiger partial charge in [-0.25, -0.2) is 9.97 Å². The summed E-state index contributed by atoms with van der Waals surface area (Å²) < 4.78 is 2.20. The third-order valence-corrected chi connectivity index (χ3v) is 4.76. The van der Waals surface area contributed by atoms with Crippen molar-refractivity contribution in [3.8, 4) is 0 Å². The Morgan fingerprint density at radius 1 is 1.20 bits per heavy atom. The molecule has 5 heteroatoms. The largest absolute Gasteiger partial charge is 0.353 e. The normalized spacial score (nSPS) is 16.5. The fourth-order valence-corrected chi connectivity index (χ4v) is 3.60. The summed E-state index contributed by atoms with van der Waals surface area (Å²) in [7, 11) is 0. The predicted octanol–water partition coefficient (Wildman–Crippen LogP) is 3.75. The molecule has 1 N–H and O–H groups in total. The third-order valence-electron chi connectivity index (χ3n) is 3.81. The monoisotopic (exact) mass is 290 g/mol. The van der Waals surface area contributed by atoms with Gasteiger partial charge in [0.05, 0.1) is 12.2 Å². The third kappa shape index (κ3) is 3.20. The van der Waals surface area contributed by atoms with Crippen molar-refractivity contribution < 1.29 is 0 Å². The Morgan fingerprint density at radius 2 is 2.00 bits per heavy atom. The first-order valence-corrected chi connectivity index (χ1v) is 8.30. The Bertz CT molecular complexity index is 566. The summed E-state index contributed by atoms with van der Waals surface area (Å²) in [5.74, 6) is 1.00. The predicted molar refractivity (Wildman–Crippen MR) is 83.4 cm³/mol. The van der Waals surface area contributed by atoms with Crippen LogP contribution < -0.4 is 5.32 Å². The molecule has 4 nitrogen and oxygen atoms in total. The van der Waals surface area contributed by atoms with Crippen molar-refractivity contribution in [2.24, 2.45) is 0 Å². The lowest BCUT2D eigenvalue weighted by Crippen LogP contribution is -2.24. The summed E-state index contributed by atoms with van der Waals surface area (Å²) >= 11 is 1.72. The van der Waals surface area contributed by atoms with E-state index in [-0.39, 0.29) is 0 Å². The Hall–Kier alpha value is -1.36. The van der Waals surface area contributed by atoms with Crippen molar-refractivity contribution in [1.82, 2.24) is 14.5 Å². The van der Waals surface area contributed by atoms with E-state index in [1.165, 1.54) is 32.1 Å². The van der Waals surface area contributed by atoms with Crippen LogP contribution in [0.5, 0.6) is 0 Å². The van der Waals surface area contributed by atoms with E-state index in [4.69, 9.17) is 0 Å². The molecule has 20 heavy (non-hydrogen) atoms. The lowest BCUT2D eigenvalue weighted by molar-refractivity contribution is 0.459. The number of thiazole rings is 1. The van der Waals surface area contributed by atoms with E-state index in [1.54, 1.807) is 11.3 Å². The summed E-state index contributed by atoms with van der Waals surface area (Å²) in [6.45, 7) is 4.91. The molecule has 0 atom stereocenters. The van der Waals surface area contributed by atoms with Crippen LogP contribution in [0.3, 0.4) is 0 Å². The first kappa shape index (κ1) is 13.6. The van der Waals surface area contributed by atoms with Crippen LogP contribution in [-0.2, 0) is 6.54 Å². The number of aromatic nitrogens is 3. The van der Waals surface area contributed by atoms with Gasteiger partial charge < -0.3 is 9.88 Å². The topological polar surface area (TPSA) is 42.7 Å². The van der Waals surface area contributed by atoms with Crippen molar-refractivity contribution >= 4 is 17.3 Å². The van der Waals surface area contributed by atoms with Crippen LogP contribution in [0.2, 0.25) is 0 Å². The maximum Gasteiger partial charge on any atom is 0.203 e. The average Bonchev–Trinajstić information content (AvgIpc) is 2.98. The number of nitrogens with one attached hydrogen (secondary N) is 1. The zero-order valence-corrected chi connectivity index (χ0v) is 13.0. The van der Waals surface area contributed by atoms with Gasteiger partial charge in [0.25, 0.3) is 0 Å². The van der Waals surface area contributed by atoms with E-state index in [2.05, 4.69) is 38.4 Å². The van der Waals surface area contributed by atoms with E-state index in [0.29, 0.717) is 6.04 Å². The molecule has 0 bridgehead atoms. The lowest BCUT2D eigenvalue weighted by atomic mass is 9.96. The Balaban J connectivity index is 1.73. The number of aryl methyl sites for hydroxylation is 2. The molecule has 108 valence electrons. The van der Waals surface area contributed by atoms with Crippen LogP contribution >= 0.6 is 11.3 Å². The summed E-state index contributed by atoms with van der Waals surface area (Å²) in [6, 6.07) is 0.585. The van der Waals surface area contributed by atoms with Crippen molar-refractivity contribution in [1.29, 1.82) is 0 Å². The first-order valence-electron chi connectivity index (χ1n) is 7.42. The van der Waals surface area contributed by atoms with Gasteiger partial charge in [0.1, 0.15) is 5.01 Å². The number of imidazole rings is 1. The maximum atomic E-state index is 4.64. The van der Waals surface area contributed by atoms with Gasteiger partial charge in [-0.15, -0.1) is 11.3 Å². The highest BCUT2D eigenvalue weighted by atomic mass is 32.1. The first-order chi connectivity index (χ1) is 9.70. The molecule has 2 aromatic heterocycles. The van der Waals surface area contributed by atoms with E-state index in [1.807, 2.05) is 6.92 Å². The molecule has 0 saturated heterocycles. The van der Waals surface area contributed by atoms with Crippen LogP contribution in [-0.4, -0.2) is 20.6 Å². The number of hydrogen-bond donors (Lipinski definition) is 1. The quantitative estimate of drug-likeness (QED) is 0.932. The Kier molecular flexibility index (Phi) is 4.05. The molecule has 2 aromatic rings. The second kappa shape index (κ2) is 5.95. The van der Waals surface area contributed by atoms with Gasteiger partial charge >= 0.3 is 0 Å². The van der Waals surface area contributed by atoms with Crippen LogP contribution in [0, 0.1) is 13.8 Å². The molecule has 0 aliphatic heterocycles. The fraction of sp³-hybridized carbons (Fsp3) is 0.600. The van der Waals surface area contributed by atoms with Gasteiger partial charge in [-0.05, 0) is 26.7 Å². The molecular formula is C15H22N4S. The summed E-state index contributed by atoms with van der Waals surface area (Å²) in [5, 5.41) is 6.88. The standard InChI is InChI=1S/C15H22N4S/c1-11-8-19(9-14-16-12(2)10-20-14)15(17-11)18-13-6-4-3-5-7-13/h8,10,13H,3-7,9H2,1-2H3,(H,17,18). The Morgan fingerprint density at radius 3 is 2.70 bits per heavy atom. The van der Waals surface area contributed by atoms with E-state index >= 15 is 0 Å². The second-order valence-corrected chi connectivity index (χ2v) is 6.64. The minimum absolute atomic E-state index is 0.585. The van der Waals surface area contributed by atoms with Crippen LogP contribution in [0.25, 0.3) is 0 Å². The highest BCUT2D eigenvalue weighted by Crippen LogP contribution is 2.22. The molecule has 1 fully saturated rings. The van der Waals surface area contributed by atoms with Crippen LogP contribution in [0.1, 0.15) is 48.5 Å². The zero-order valence-electron chi connectivity index (χ0n) is 12.2. The molecular weight excluding hydrogens is 268 g/mol. The molecule has 2 heterocycles. The Labute approximate surface area is 124 Å². The van der Waals surface area contributed by atoms with E-state index < -0.39 is 0 Å². The summed E-state index contributed by atoms with van der Waals surface area (Å²) in [6.07, 6.45) is 8.70. The molecule has 0 aromatic carbocycles. The second-order valence-electron chi connectivity index (χ2n) is 5.70. The van der Waals surface area contributed by atoms with E-state index in [0.717, 1.165) is 28.9 Å². The lowest BCUT2D eigenvalue weighted by Gasteiger charge is -2.23. The number of anilines is 1. The molecule has 1 saturated carbocycles. The van der Waals surface area contributed by atoms with Gasteiger partial charge in [0.2, 0.25) is 5.95 Å². The number of rotatable bonds is 4. The molecule has 0 radical (unpaired) electrons. The van der Waals surface area contributed by atoms with Gasteiger partial charge in [0.15, 0.2) is 0 Å². The van der Waals surface area contributed by atoms with Gasteiger partial charge in [-0.1, -0.05) is 19.3 Å². The molecule has 3 rings (SSSR count). The SMILES string of the molecule is Cc1csc(Cn2cc(C)nc2NC2CCCCC2)n1. The fourth-order valence-electron chi connectivity index (χ4n) is 2.83. The summed E-state index contributed by atoms with van der Waals surface area (Å²) in [4.78, 5) is 9.18. The van der Waals surface area contributed by atoms with Gasteiger partial charge in [-0.3, -0.25) is 0 Å². The van der Waals surface area contributed by atoms with E-state index in [9.17, 15) is 0 Å². The minimum Gasteiger partial charge on any atom is -0.353 e. The number of nitrogens with zero attached hydrogens (tertiary/aromatic N) is 3. The highest BCUT2D eigenvalue weighted by Gasteiger charge is 2.16. The highest BCUT2D eigenvalue weighted by molar-refractivity contribution is 7.09. The van der Waals surface area contributed by atoms with Crippen molar-refractivity contribution in [2.75, 3.05) is 5.32 Å². The number of hydrogen-bond acceptors (Lipinski definition) is 4. The smallest absolute Gasteiger partial charge is 0.203 e. The zero-order chi connectivity index (χ0) is 13.9. The average molecular weight is 290 g/mol. The molecule has 0 amide bonds. The van der Waals surface area contributed by atoms with Crippen LogP contribution in [0.15, 0.2) is 11.6 Å². The van der Waals surface area contributed by atoms with Crippen molar-refractivity contribution in [3.63, 3.8) is 0 Å². The minimum atomic E-state index is 0.585. The molecule has 0 unspecified atom stereocenters. The summed E-state index contributed by atoms with van der Waals surface area (Å²) in [5.41, 5.74) is 2.17. The van der Waals surface area contributed by atoms with Crippen molar-refractivity contribution in [2.45, 2.75) is 58.5 Å². The maximum absolute atomic E-state index is 4.64. The van der Waals surface area contributed by atoms with Crippen molar-refractivity contribution in [3.05, 3.63) is 28.0 Å². The van der Waals surface area contributed by atoms with Gasteiger partial charge in [0, 0.05) is 23.3 Å². The molecule has 1 aliphatic rings. The molecule has 0 spiro atoms. The van der Waals surface area contributed by atoms with Gasteiger partial charge in [-0.2, -0.15) is 0 Å². The van der Waals surface area contributed by atoms with Crippen LogP contribution in [0.4, 0.5) is 5.95 Å².